The lowest BCUT2D eigenvalue weighted by molar-refractivity contribution is 0.316. The summed E-state index contributed by atoms with van der Waals surface area (Å²) in [5.41, 5.74) is 0. The van der Waals surface area contributed by atoms with Crippen LogP contribution in [0.4, 0.5) is 5.82 Å². The first-order chi connectivity index (χ1) is 9.05. The molecule has 2 rings (SSSR count). The Morgan fingerprint density at radius 1 is 1.37 bits per heavy atom. The van der Waals surface area contributed by atoms with Crippen molar-refractivity contribution in [2.45, 2.75) is 19.3 Å². The minimum absolute atomic E-state index is 0.0669. The number of hydrogen-bond donors (Lipinski definition) is 2. The first-order valence-electron chi connectivity index (χ1n) is 6.38. The number of rotatable bonds is 7. The average molecular weight is 348 g/mol. The molecule has 0 aliphatic heterocycles. The van der Waals surface area contributed by atoms with E-state index < -0.39 is 10.0 Å². The van der Waals surface area contributed by atoms with Crippen LogP contribution in [0.25, 0.3) is 0 Å². The summed E-state index contributed by atoms with van der Waals surface area (Å²) in [6.45, 7) is 0.938. The van der Waals surface area contributed by atoms with Crippen molar-refractivity contribution in [2.24, 2.45) is 5.92 Å². The summed E-state index contributed by atoms with van der Waals surface area (Å²) in [4.78, 5) is 4.12. The molecule has 0 saturated heterocycles. The maximum absolute atomic E-state index is 11.7. The Labute approximate surface area is 122 Å². The number of hydrogen-bond acceptors (Lipinski definition) is 4. The fraction of sp³-hybridized carbons (Fsp3) is 0.583. The van der Waals surface area contributed by atoms with Gasteiger partial charge in [0.2, 0.25) is 10.0 Å². The largest absolute Gasteiger partial charge is 0.369 e. The summed E-state index contributed by atoms with van der Waals surface area (Å²) in [7, 11) is -3.18. The highest BCUT2D eigenvalue weighted by molar-refractivity contribution is 9.10. The van der Waals surface area contributed by atoms with Crippen molar-refractivity contribution >= 4 is 31.8 Å². The molecule has 7 heteroatoms. The zero-order valence-electron chi connectivity index (χ0n) is 10.6. The normalized spacial score (nSPS) is 16.1. The number of aromatic nitrogens is 1. The van der Waals surface area contributed by atoms with Gasteiger partial charge >= 0.3 is 0 Å². The molecular formula is C12H18BrN3O2S. The lowest BCUT2D eigenvalue weighted by atomic mass is 9.86. The Balaban J connectivity index is 1.69. The molecule has 5 nitrogen and oxygen atoms in total. The zero-order chi connectivity index (χ0) is 13.7. The molecule has 1 aliphatic rings. The smallest absolute Gasteiger partial charge is 0.213 e. The third kappa shape index (κ3) is 5.08. The van der Waals surface area contributed by atoms with Crippen molar-refractivity contribution in [1.29, 1.82) is 0 Å². The predicted octanol–water partition coefficient (Wildman–Crippen LogP) is 1.98. The molecule has 0 aromatic carbocycles. The fourth-order valence-corrected chi connectivity index (χ4v) is 3.05. The number of pyridine rings is 1. The van der Waals surface area contributed by atoms with E-state index in [2.05, 4.69) is 31.0 Å². The number of halogens is 1. The molecule has 0 spiro atoms. The molecule has 106 valence electrons. The van der Waals surface area contributed by atoms with Crippen molar-refractivity contribution in [3.63, 3.8) is 0 Å². The van der Waals surface area contributed by atoms with Gasteiger partial charge in [-0.05, 0) is 46.8 Å². The quantitative estimate of drug-likeness (QED) is 0.790. The van der Waals surface area contributed by atoms with E-state index in [-0.39, 0.29) is 5.75 Å². The molecule has 0 bridgehead atoms. The summed E-state index contributed by atoms with van der Waals surface area (Å²) >= 11 is 3.30. The number of sulfonamides is 1. The highest BCUT2D eigenvalue weighted by Gasteiger charge is 2.19. The lowest BCUT2D eigenvalue weighted by Gasteiger charge is -2.25. The predicted molar refractivity (Wildman–Crippen MR) is 79.6 cm³/mol. The molecule has 1 heterocycles. The minimum Gasteiger partial charge on any atom is -0.369 e. The number of anilines is 1. The fourth-order valence-electron chi connectivity index (χ4n) is 1.81. The van der Waals surface area contributed by atoms with Crippen LogP contribution in [0.1, 0.15) is 19.3 Å². The van der Waals surface area contributed by atoms with Gasteiger partial charge in [-0.1, -0.05) is 6.42 Å². The molecule has 1 aromatic heterocycles. The lowest BCUT2D eigenvalue weighted by Crippen LogP contribution is -2.35. The molecule has 19 heavy (non-hydrogen) atoms. The summed E-state index contributed by atoms with van der Waals surface area (Å²) in [5.74, 6) is 1.28. The van der Waals surface area contributed by atoms with Gasteiger partial charge < -0.3 is 5.32 Å². The van der Waals surface area contributed by atoms with Crippen LogP contribution in [-0.2, 0) is 10.0 Å². The molecule has 2 N–H and O–H groups in total. The Hall–Kier alpha value is -0.660. The first-order valence-corrected chi connectivity index (χ1v) is 8.82. The van der Waals surface area contributed by atoms with Crippen LogP contribution in [-0.4, -0.2) is 32.2 Å². The van der Waals surface area contributed by atoms with Gasteiger partial charge in [0.15, 0.2) is 0 Å². The second-order valence-electron chi connectivity index (χ2n) is 4.75. The molecule has 0 atom stereocenters. The van der Waals surface area contributed by atoms with Crippen molar-refractivity contribution in [3.8, 4) is 0 Å². The third-order valence-electron chi connectivity index (χ3n) is 3.22. The van der Waals surface area contributed by atoms with Crippen molar-refractivity contribution in [1.82, 2.24) is 9.71 Å². The van der Waals surface area contributed by atoms with Crippen LogP contribution in [0.2, 0.25) is 0 Å². The van der Waals surface area contributed by atoms with Crippen LogP contribution in [0, 0.1) is 5.92 Å². The van der Waals surface area contributed by atoms with Crippen LogP contribution < -0.4 is 10.0 Å². The van der Waals surface area contributed by atoms with Gasteiger partial charge in [-0.15, -0.1) is 0 Å². The first kappa shape index (κ1) is 14.7. The highest BCUT2D eigenvalue weighted by Crippen LogP contribution is 2.25. The Kier molecular flexibility index (Phi) is 5.18. The van der Waals surface area contributed by atoms with E-state index in [1.165, 1.54) is 6.42 Å². The Morgan fingerprint density at radius 2 is 2.16 bits per heavy atom. The third-order valence-corrected chi connectivity index (χ3v) is 5.04. The second-order valence-corrected chi connectivity index (χ2v) is 7.59. The SMILES string of the molecule is O=S(=O)(CCNc1ccc(Br)cn1)NCC1CCC1. The monoisotopic (exact) mass is 347 g/mol. The second kappa shape index (κ2) is 6.67. The standard InChI is InChI=1S/C12H18BrN3O2S/c13-11-4-5-12(15-9-11)14-6-7-19(17,18)16-8-10-2-1-3-10/h4-5,9-10,16H,1-3,6-8H2,(H,14,15). The van der Waals surface area contributed by atoms with Crippen molar-refractivity contribution < 1.29 is 8.42 Å². The van der Waals surface area contributed by atoms with Gasteiger partial charge in [0.05, 0.1) is 5.75 Å². The van der Waals surface area contributed by atoms with E-state index in [1.807, 2.05) is 6.07 Å². The van der Waals surface area contributed by atoms with Crippen LogP contribution in [0.5, 0.6) is 0 Å². The zero-order valence-corrected chi connectivity index (χ0v) is 13.0. The van der Waals surface area contributed by atoms with E-state index in [9.17, 15) is 8.42 Å². The van der Waals surface area contributed by atoms with Crippen LogP contribution in [0.3, 0.4) is 0 Å². The topological polar surface area (TPSA) is 71.1 Å². The minimum atomic E-state index is -3.18. The molecule has 1 fully saturated rings. The van der Waals surface area contributed by atoms with Crippen molar-refractivity contribution in [3.05, 3.63) is 22.8 Å². The summed E-state index contributed by atoms with van der Waals surface area (Å²) < 4.78 is 27.0. The van der Waals surface area contributed by atoms with E-state index in [1.54, 1.807) is 12.3 Å². The van der Waals surface area contributed by atoms with E-state index >= 15 is 0 Å². The van der Waals surface area contributed by atoms with Gasteiger partial charge in [0, 0.05) is 23.8 Å². The molecule has 0 unspecified atom stereocenters. The van der Waals surface area contributed by atoms with E-state index in [0.29, 0.717) is 24.8 Å². The van der Waals surface area contributed by atoms with Crippen molar-refractivity contribution in [2.75, 3.05) is 24.2 Å². The van der Waals surface area contributed by atoms with Gasteiger partial charge in [-0.25, -0.2) is 18.1 Å². The van der Waals surface area contributed by atoms with E-state index in [0.717, 1.165) is 17.3 Å². The Morgan fingerprint density at radius 3 is 2.74 bits per heavy atom. The number of nitrogens with one attached hydrogen (secondary N) is 2. The van der Waals surface area contributed by atoms with Gasteiger partial charge in [0.25, 0.3) is 0 Å². The molecule has 0 amide bonds. The number of nitrogens with zero attached hydrogens (tertiary/aromatic N) is 1. The maximum atomic E-state index is 11.7. The maximum Gasteiger partial charge on any atom is 0.213 e. The van der Waals surface area contributed by atoms with Gasteiger partial charge in [0.1, 0.15) is 5.82 Å². The van der Waals surface area contributed by atoms with Crippen LogP contribution in [0.15, 0.2) is 22.8 Å². The average Bonchev–Trinajstić information content (AvgIpc) is 2.29. The molecule has 1 saturated carbocycles. The van der Waals surface area contributed by atoms with Gasteiger partial charge in [-0.2, -0.15) is 0 Å². The Bertz CT molecular complexity index is 500. The molecular weight excluding hydrogens is 330 g/mol. The summed E-state index contributed by atoms with van der Waals surface area (Å²) in [5, 5.41) is 2.99. The summed E-state index contributed by atoms with van der Waals surface area (Å²) in [6, 6.07) is 3.66. The molecule has 1 aromatic rings. The van der Waals surface area contributed by atoms with Crippen LogP contribution >= 0.6 is 15.9 Å². The van der Waals surface area contributed by atoms with Gasteiger partial charge in [-0.3, -0.25) is 0 Å². The highest BCUT2D eigenvalue weighted by atomic mass is 79.9. The van der Waals surface area contributed by atoms with E-state index in [4.69, 9.17) is 0 Å². The molecule has 0 radical (unpaired) electrons. The summed E-state index contributed by atoms with van der Waals surface area (Å²) in [6.07, 6.45) is 5.18. The molecule has 1 aliphatic carbocycles.